The number of Topliss-reactive ketones (excluding diaryl/α,β-unsaturated/α-hetero) is 2. The summed E-state index contributed by atoms with van der Waals surface area (Å²) in [5, 5.41) is 13.8. The molecular formula is C35H26N2O4. The molecule has 0 saturated carbocycles. The maximum absolute atomic E-state index is 13.5. The first-order valence-electron chi connectivity index (χ1n) is 13.4. The molecule has 0 bridgehead atoms. The van der Waals surface area contributed by atoms with Gasteiger partial charge in [-0.15, -0.1) is 0 Å². The molecule has 0 radical (unpaired) electrons. The molecule has 0 aliphatic heterocycles. The molecule has 6 nitrogen and oxygen atoms in total. The Morgan fingerprint density at radius 1 is 0.805 bits per heavy atom. The Hall–Kier alpha value is -5.23. The number of nitrogens with zero attached hydrogens (tertiary/aromatic N) is 2. The SMILES string of the molecule is CC1C(=O)C(Cc2ccccc2)C(=O)c2c1ccc1c2ccc2ccccc21.O=C(O)c1ccc2ncncc2c1. The maximum Gasteiger partial charge on any atom is 0.335 e. The molecule has 2 unspecified atom stereocenters. The first-order valence-corrected chi connectivity index (χ1v) is 13.4. The largest absolute Gasteiger partial charge is 0.478 e. The summed E-state index contributed by atoms with van der Waals surface area (Å²) < 4.78 is 0. The molecule has 0 spiro atoms. The van der Waals surface area contributed by atoms with Gasteiger partial charge >= 0.3 is 5.97 Å². The number of carbonyl (C=O) groups excluding carboxylic acids is 2. The number of aromatic nitrogens is 2. The number of benzene rings is 5. The summed E-state index contributed by atoms with van der Waals surface area (Å²) in [7, 11) is 0. The zero-order valence-corrected chi connectivity index (χ0v) is 22.3. The summed E-state index contributed by atoms with van der Waals surface area (Å²) >= 11 is 0. The number of fused-ring (bicyclic) bond motifs is 6. The number of carboxylic acid groups (broad SMARTS) is 1. The molecule has 0 fully saturated rings. The quantitative estimate of drug-likeness (QED) is 0.192. The van der Waals surface area contributed by atoms with Gasteiger partial charge in [0, 0.05) is 23.1 Å². The summed E-state index contributed by atoms with van der Waals surface area (Å²) in [6.45, 7) is 1.93. The fourth-order valence-electron chi connectivity index (χ4n) is 5.66. The van der Waals surface area contributed by atoms with E-state index in [1.54, 1.807) is 18.3 Å². The van der Waals surface area contributed by atoms with Crippen LogP contribution in [0.3, 0.4) is 0 Å². The Kier molecular flexibility index (Phi) is 6.81. The van der Waals surface area contributed by atoms with E-state index >= 15 is 0 Å². The highest BCUT2D eigenvalue weighted by Gasteiger charge is 2.39. The Morgan fingerprint density at radius 2 is 1.56 bits per heavy atom. The van der Waals surface area contributed by atoms with E-state index < -0.39 is 11.9 Å². The summed E-state index contributed by atoms with van der Waals surface area (Å²) in [6, 6.07) is 30.9. The molecule has 0 amide bonds. The fourth-order valence-corrected chi connectivity index (χ4v) is 5.66. The predicted molar refractivity (Wildman–Crippen MR) is 159 cm³/mol. The van der Waals surface area contributed by atoms with Crippen molar-refractivity contribution >= 4 is 50.0 Å². The first kappa shape index (κ1) is 26.0. The summed E-state index contributed by atoms with van der Waals surface area (Å²) in [5.41, 5.74) is 3.62. The second-order valence-electron chi connectivity index (χ2n) is 10.2. The maximum atomic E-state index is 13.5. The van der Waals surface area contributed by atoms with Gasteiger partial charge in [0.25, 0.3) is 0 Å². The van der Waals surface area contributed by atoms with E-state index in [0.29, 0.717) is 6.42 Å². The van der Waals surface area contributed by atoms with Gasteiger partial charge in [-0.3, -0.25) is 9.59 Å². The van der Waals surface area contributed by atoms with Crippen LogP contribution in [0.25, 0.3) is 32.4 Å². The van der Waals surface area contributed by atoms with Crippen molar-refractivity contribution in [1.29, 1.82) is 0 Å². The molecule has 1 aliphatic rings. The van der Waals surface area contributed by atoms with E-state index in [9.17, 15) is 14.4 Å². The van der Waals surface area contributed by atoms with Crippen molar-refractivity contribution in [2.24, 2.45) is 5.92 Å². The molecule has 2 atom stereocenters. The van der Waals surface area contributed by atoms with Crippen LogP contribution in [-0.4, -0.2) is 32.6 Å². The minimum Gasteiger partial charge on any atom is -0.478 e. The van der Waals surface area contributed by atoms with Crippen LogP contribution in [0.4, 0.5) is 0 Å². The predicted octanol–water partition coefficient (Wildman–Crippen LogP) is 7.05. The Bertz CT molecular complexity index is 1970. The number of carbonyl (C=O) groups is 3. The van der Waals surface area contributed by atoms with Crippen LogP contribution in [0, 0.1) is 5.92 Å². The van der Waals surface area contributed by atoms with Crippen LogP contribution in [0.2, 0.25) is 0 Å². The van der Waals surface area contributed by atoms with Crippen LogP contribution in [0.1, 0.15) is 44.7 Å². The number of rotatable bonds is 3. The van der Waals surface area contributed by atoms with E-state index in [1.165, 1.54) is 12.4 Å². The highest BCUT2D eigenvalue weighted by molar-refractivity contribution is 6.24. The third kappa shape index (κ3) is 4.85. The van der Waals surface area contributed by atoms with Crippen LogP contribution >= 0.6 is 0 Å². The Balaban J connectivity index is 0.000000195. The first-order chi connectivity index (χ1) is 19.9. The lowest BCUT2D eigenvalue weighted by Crippen LogP contribution is -2.35. The van der Waals surface area contributed by atoms with Crippen LogP contribution in [-0.2, 0) is 11.2 Å². The molecule has 41 heavy (non-hydrogen) atoms. The summed E-state index contributed by atoms with van der Waals surface area (Å²) in [5.74, 6) is -1.82. The summed E-state index contributed by atoms with van der Waals surface area (Å²) in [4.78, 5) is 44.9. The van der Waals surface area contributed by atoms with Crippen molar-refractivity contribution in [3.05, 3.63) is 132 Å². The van der Waals surface area contributed by atoms with Crippen LogP contribution in [0.15, 0.2) is 110 Å². The standard InChI is InChI=1S/C26H20O2.C9H6N2O2/c1-16-19-13-14-21-20-10-6-5-9-18(20)11-12-22(21)24(19)26(28)23(25(16)27)15-17-7-3-2-4-8-17;12-9(13)6-1-2-8-7(3-6)4-10-5-11-8/h2-14,16,23H,15H2,1H3;1-5H,(H,12,13). The molecular weight excluding hydrogens is 512 g/mol. The van der Waals surface area contributed by atoms with Gasteiger partial charge in [0.15, 0.2) is 11.6 Å². The van der Waals surface area contributed by atoms with Gasteiger partial charge in [-0.2, -0.15) is 0 Å². The van der Waals surface area contributed by atoms with Gasteiger partial charge in [-0.25, -0.2) is 14.8 Å². The highest BCUT2D eigenvalue weighted by atomic mass is 16.4. The van der Waals surface area contributed by atoms with Gasteiger partial charge in [-0.1, -0.05) is 85.8 Å². The zero-order valence-electron chi connectivity index (χ0n) is 22.3. The molecule has 7 rings (SSSR count). The molecule has 6 aromatic rings. The molecule has 5 aromatic carbocycles. The third-order valence-electron chi connectivity index (χ3n) is 7.79. The molecule has 1 N–H and O–H groups in total. The minimum atomic E-state index is -0.939. The van der Waals surface area contributed by atoms with E-state index in [1.807, 2.05) is 61.5 Å². The average Bonchev–Trinajstić information content (AvgIpc) is 3.02. The van der Waals surface area contributed by atoms with Gasteiger partial charge in [0.2, 0.25) is 0 Å². The van der Waals surface area contributed by atoms with Crippen LogP contribution in [0.5, 0.6) is 0 Å². The molecule has 1 aromatic heterocycles. The van der Waals surface area contributed by atoms with E-state index in [2.05, 4.69) is 34.2 Å². The number of ketones is 2. The lowest BCUT2D eigenvalue weighted by molar-refractivity contribution is -0.122. The molecule has 1 aliphatic carbocycles. The van der Waals surface area contributed by atoms with E-state index in [-0.39, 0.29) is 23.0 Å². The van der Waals surface area contributed by atoms with Crippen molar-refractivity contribution in [2.75, 3.05) is 0 Å². The summed E-state index contributed by atoms with van der Waals surface area (Å²) in [6.07, 6.45) is 3.49. The Morgan fingerprint density at radius 3 is 2.37 bits per heavy atom. The second kappa shape index (κ2) is 10.7. The highest BCUT2D eigenvalue weighted by Crippen LogP contribution is 2.39. The zero-order chi connectivity index (χ0) is 28.5. The number of aromatic carboxylic acids is 1. The number of hydrogen-bond donors (Lipinski definition) is 1. The second-order valence-corrected chi connectivity index (χ2v) is 10.2. The lowest BCUT2D eigenvalue weighted by Gasteiger charge is -2.28. The van der Waals surface area contributed by atoms with Crippen molar-refractivity contribution in [1.82, 2.24) is 9.97 Å². The van der Waals surface area contributed by atoms with E-state index in [0.717, 1.165) is 49.1 Å². The van der Waals surface area contributed by atoms with Crippen molar-refractivity contribution in [3.63, 3.8) is 0 Å². The van der Waals surface area contributed by atoms with Crippen molar-refractivity contribution in [2.45, 2.75) is 19.3 Å². The Labute approximate surface area is 236 Å². The monoisotopic (exact) mass is 538 g/mol. The topological polar surface area (TPSA) is 97.2 Å². The molecule has 0 saturated heterocycles. The van der Waals surface area contributed by atoms with E-state index in [4.69, 9.17) is 5.11 Å². The number of carboxylic acids is 1. The number of hydrogen-bond acceptors (Lipinski definition) is 5. The minimum absolute atomic E-state index is 0.0292. The fraction of sp³-hybridized carbons (Fsp3) is 0.114. The van der Waals surface area contributed by atoms with Gasteiger partial charge in [0.1, 0.15) is 6.33 Å². The van der Waals surface area contributed by atoms with Crippen LogP contribution < -0.4 is 0 Å². The van der Waals surface area contributed by atoms with Crippen molar-refractivity contribution < 1.29 is 19.5 Å². The molecule has 1 heterocycles. The van der Waals surface area contributed by atoms with Gasteiger partial charge in [0.05, 0.1) is 17.0 Å². The molecule has 200 valence electrons. The van der Waals surface area contributed by atoms with Gasteiger partial charge < -0.3 is 5.11 Å². The average molecular weight is 539 g/mol. The lowest BCUT2D eigenvalue weighted by atomic mass is 9.72. The smallest absolute Gasteiger partial charge is 0.335 e. The molecule has 6 heteroatoms. The third-order valence-corrected chi connectivity index (χ3v) is 7.79. The normalized spacial score (nSPS) is 16.3. The van der Waals surface area contributed by atoms with Gasteiger partial charge in [-0.05, 0) is 57.3 Å². The van der Waals surface area contributed by atoms with Crippen molar-refractivity contribution in [3.8, 4) is 0 Å².